The maximum Gasteiger partial charge on any atom is 0.218 e. The number of hydrogen-bond donors (Lipinski definition) is 2. The molecule has 7 heteroatoms. The third-order valence-electron chi connectivity index (χ3n) is 3.73. The summed E-state index contributed by atoms with van der Waals surface area (Å²) in [4.78, 5) is 14.9. The summed E-state index contributed by atoms with van der Waals surface area (Å²) < 4.78 is 20.6. The molecule has 134 valence electrons. The lowest BCUT2D eigenvalue weighted by molar-refractivity contribution is -0.118. The second-order valence-electron chi connectivity index (χ2n) is 5.76. The molecule has 2 atom stereocenters. The van der Waals surface area contributed by atoms with Crippen molar-refractivity contribution < 1.29 is 13.9 Å². The first-order valence-corrected chi connectivity index (χ1v) is 8.40. The van der Waals surface area contributed by atoms with Gasteiger partial charge >= 0.3 is 0 Å². The summed E-state index contributed by atoms with van der Waals surface area (Å²) in [5.41, 5.74) is 5.64. The molecule has 0 fully saturated rings. The van der Waals surface area contributed by atoms with Crippen LogP contribution in [0, 0.1) is 5.82 Å². The lowest BCUT2D eigenvalue weighted by Gasteiger charge is -2.23. The normalized spacial score (nSPS) is 13.3. The van der Waals surface area contributed by atoms with E-state index >= 15 is 4.39 Å². The quantitative estimate of drug-likeness (QED) is 0.742. The minimum atomic E-state index is -0.532. The van der Waals surface area contributed by atoms with E-state index in [-0.39, 0.29) is 29.3 Å². The predicted octanol–water partition coefficient (Wildman–Crippen LogP) is 3.97. The van der Waals surface area contributed by atoms with Crippen LogP contribution in [-0.4, -0.2) is 16.9 Å². The van der Waals surface area contributed by atoms with Crippen LogP contribution in [0.15, 0.2) is 36.7 Å². The molecule has 0 bridgehead atoms. The Kier molecular flexibility index (Phi) is 6.73. The van der Waals surface area contributed by atoms with Crippen molar-refractivity contribution in [1.82, 2.24) is 10.3 Å². The van der Waals surface area contributed by atoms with E-state index in [4.69, 9.17) is 22.1 Å². The van der Waals surface area contributed by atoms with Gasteiger partial charge in [0.2, 0.25) is 5.91 Å². The number of hydrogen-bond acceptors (Lipinski definition) is 4. The number of aromatic nitrogens is 1. The zero-order valence-electron chi connectivity index (χ0n) is 14.1. The molecule has 1 amide bonds. The first-order valence-electron chi connectivity index (χ1n) is 8.02. The number of nitrogens with zero attached hydrogens (tertiary/aromatic N) is 1. The molecule has 0 saturated heterocycles. The van der Waals surface area contributed by atoms with Gasteiger partial charge in [0, 0.05) is 36.5 Å². The molecule has 0 radical (unpaired) electrons. The predicted molar refractivity (Wildman–Crippen MR) is 95.2 cm³/mol. The van der Waals surface area contributed by atoms with Gasteiger partial charge in [-0.05, 0) is 31.5 Å². The van der Waals surface area contributed by atoms with Crippen LogP contribution >= 0.6 is 11.6 Å². The lowest BCUT2D eigenvalue weighted by atomic mass is 10.0. The van der Waals surface area contributed by atoms with Crippen molar-refractivity contribution in [3.63, 3.8) is 0 Å². The summed E-state index contributed by atoms with van der Waals surface area (Å²) in [6, 6.07) is 5.97. The average Bonchev–Trinajstić information content (AvgIpc) is 2.57. The number of ether oxygens (including phenoxy) is 1. The third kappa shape index (κ3) is 5.14. The van der Waals surface area contributed by atoms with Gasteiger partial charge in [0.05, 0.1) is 5.02 Å². The highest BCUT2D eigenvalue weighted by atomic mass is 35.5. The van der Waals surface area contributed by atoms with E-state index in [0.717, 1.165) is 0 Å². The summed E-state index contributed by atoms with van der Waals surface area (Å²) in [5, 5.41) is 3.39. The Labute approximate surface area is 151 Å². The molecule has 0 aliphatic carbocycles. The first-order chi connectivity index (χ1) is 11.9. The van der Waals surface area contributed by atoms with E-state index in [9.17, 15) is 4.79 Å². The third-order valence-corrected chi connectivity index (χ3v) is 4.02. The number of rotatable bonds is 8. The SMILES string of the molecule is CC[C@@H](N[C@@H](C)CC(N)=O)c1ccc(Cl)c(Oc2ccncc2)c1F. The second kappa shape index (κ2) is 8.78. The Balaban J connectivity index is 2.28. The first kappa shape index (κ1) is 19.1. The average molecular weight is 366 g/mol. The van der Waals surface area contributed by atoms with Gasteiger partial charge in [-0.1, -0.05) is 24.6 Å². The smallest absolute Gasteiger partial charge is 0.218 e. The fraction of sp³-hybridized carbons (Fsp3) is 0.333. The van der Waals surface area contributed by atoms with Gasteiger partial charge in [-0.2, -0.15) is 0 Å². The van der Waals surface area contributed by atoms with E-state index in [0.29, 0.717) is 17.7 Å². The van der Waals surface area contributed by atoms with Gasteiger partial charge in [-0.15, -0.1) is 0 Å². The van der Waals surface area contributed by atoms with Crippen molar-refractivity contribution in [3.05, 3.63) is 53.1 Å². The number of carbonyl (C=O) groups excluding carboxylic acids is 1. The number of halogens is 2. The highest BCUT2D eigenvalue weighted by Gasteiger charge is 2.22. The Morgan fingerprint density at radius 2 is 2.04 bits per heavy atom. The molecule has 1 heterocycles. The number of pyridine rings is 1. The molecule has 1 aromatic carbocycles. The van der Waals surface area contributed by atoms with Crippen LogP contribution in [0.2, 0.25) is 5.02 Å². The largest absolute Gasteiger partial charge is 0.453 e. The van der Waals surface area contributed by atoms with E-state index in [1.54, 1.807) is 36.7 Å². The van der Waals surface area contributed by atoms with E-state index in [2.05, 4.69) is 10.3 Å². The zero-order valence-corrected chi connectivity index (χ0v) is 14.9. The van der Waals surface area contributed by atoms with Crippen molar-refractivity contribution in [3.8, 4) is 11.5 Å². The molecule has 2 aromatic rings. The molecule has 3 N–H and O–H groups in total. The summed E-state index contributed by atoms with van der Waals surface area (Å²) in [5.74, 6) is -0.535. The Morgan fingerprint density at radius 1 is 1.36 bits per heavy atom. The number of benzene rings is 1. The molecule has 0 aliphatic rings. The fourth-order valence-electron chi connectivity index (χ4n) is 2.57. The van der Waals surface area contributed by atoms with Crippen LogP contribution in [0.25, 0.3) is 0 Å². The lowest BCUT2D eigenvalue weighted by Crippen LogP contribution is -2.34. The monoisotopic (exact) mass is 365 g/mol. The van der Waals surface area contributed by atoms with Gasteiger partial charge in [0.1, 0.15) is 5.75 Å². The van der Waals surface area contributed by atoms with Crippen LogP contribution in [0.1, 0.15) is 38.3 Å². The van der Waals surface area contributed by atoms with Crippen molar-refractivity contribution in [2.45, 2.75) is 38.8 Å². The van der Waals surface area contributed by atoms with Crippen LogP contribution < -0.4 is 15.8 Å². The van der Waals surface area contributed by atoms with Gasteiger partial charge in [0.25, 0.3) is 0 Å². The number of primary amides is 1. The summed E-state index contributed by atoms with van der Waals surface area (Å²) in [6.45, 7) is 3.75. The van der Waals surface area contributed by atoms with E-state index in [1.165, 1.54) is 0 Å². The summed E-state index contributed by atoms with van der Waals surface area (Å²) >= 11 is 6.11. The Morgan fingerprint density at radius 3 is 2.64 bits per heavy atom. The van der Waals surface area contributed by atoms with Gasteiger partial charge in [-0.25, -0.2) is 4.39 Å². The maximum atomic E-state index is 15.0. The Bertz CT molecular complexity index is 728. The number of carbonyl (C=O) groups is 1. The molecule has 0 saturated carbocycles. The van der Waals surface area contributed by atoms with Gasteiger partial charge in [-0.3, -0.25) is 9.78 Å². The van der Waals surface area contributed by atoms with Crippen molar-refractivity contribution in [2.24, 2.45) is 5.73 Å². The van der Waals surface area contributed by atoms with Crippen molar-refractivity contribution in [1.29, 1.82) is 0 Å². The highest BCUT2D eigenvalue weighted by molar-refractivity contribution is 6.32. The van der Waals surface area contributed by atoms with Crippen LogP contribution in [-0.2, 0) is 4.79 Å². The molecule has 0 aliphatic heterocycles. The van der Waals surface area contributed by atoms with Gasteiger partial charge < -0.3 is 15.8 Å². The summed E-state index contributed by atoms with van der Waals surface area (Å²) in [7, 11) is 0. The molecule has 1 aromatic heterocycles. The van der Waals surface area contributed by atoms with Crippen LogP contribution in [0.5, 0.6) is 11.5 Å². The molecule has 0 unspecified atom stereocenters. The van der Waals surface area contributed by atoms with Crippen molar-refractivity contribution in [2.75, 3.05) is 0 Å². The molecule has 5 nitrogen and oxygen atoms in total. The van der Waals surface area contributed by atoms with E-state index < -0.39 is 11.7 Å². The van der Waals surface area contributed by atoms with Crippen LogP contribution in [0.3, 0.4) is 0 Å². The van der Waals surface area contributed by atoms with Crippen LogP contribution in [0.4, 0.5) is 4.39 Å². The second-order valence-corrected chi connectivity index (χ2v) is 6.17. The minimum absolute atomic E-state index is 0.0341. The van der Waals surface area contributed by atoms with Gasteiger partial charge in [0.15, 0.2) is 11.6 Å². The summed E-state index contributed by atoms with van der Waals surface area (Å²) in [6.07, 6.45) is 3.89. The van der Waals surface area contributed by atoms with Crippen molar-refractivity contribution >= 4 is 17.5 Å². The van der Waals surface area contributed by atoms with E-state index in [1.807, 2.05) is 13.8 Å². The number of nitrogens with two attached hydrogens (primary N) is 1. The Hall–Kier alpha value is -2.18. The minimum Gasteiger partial charge on any atom is -0.453 e. The highest BCUT2D eigenvalue weighted by Crippen LogP contribution is 2.36. The number of nitrogens with one attached hydrogen (secondary N) is 1. The molecule has 0 spiro atoms. The fourth-order valence-corrected chi connectivity index (χ4v) is 2.75. The maximum absolute atomic E-state index is 15.0. The molecular weight excluding hydrogens is 345 g/mol. The standard InChI is InChI=1S/C18H21ClFN3O2/c1-3-15(23-11(2)10-16(21)24)13-4-5-14(19)18(17(13)20)25-12-6-8-22-9-7-12/h4-9,11,15,23H,3,10H2,1-2H3,(H2,21,24)/t11-,15+/m0/s1. The molecule has 25 heavy (non-hydrogen) atoms. The zero-order chi connectivity index (χ0) is 18.4. The number of amides is 1. The molecule has 2 rings (SSSR count). The molecular formula is C18H21ClFN3O2. The topological polar surface area (TPSA) is 77.2 Å².